The van der Waals surface area contributed by atoms with Crippen LogP contribution in [0.5, 0.6) is 5.75 Å². The number of phenols is 1. The molecule has 2 heterocycles. The van der Waals surface area contributed by atoms with Crippen molar-refractivity contribution in [2.45, 2.75) is 6.92 Å². The molecule has 20 heavy (non-hydrogen) atoms. The van der Waals surface area contributed by atoms with Crippen LogP contribution in [-0.2, 0) is 0 Å². The number of aromatic hydroxyl groups is 1. The molecule has 0 spiro atoms. The van der Waals surface area contributed by atoms with E-state index in [4.69, 9.17) is 4.52 Å². The zero-order chi connectivity index (χ0) is 14.1. The molecule has 0 unspecified atom stereocenters. The lowest BCUT2D eigenvalue weighted by atomic mass is 10.1. The summed E-state index contributed by atoms with van der Waals surface area (Å²) in [6, 6.07) is 5.40. The van der Waals surface area contributed by atoms with Crippen molar-refractivity contribution in [3.63, 3.8) is 0 Å². The highest BCUT2D eigenvalue weighted by molar-refractivity contribution is 5.63. The van der Waals surface area contributed by atoms with Crippen LogP contribution < -0.4 is 4.90 Å². The zero-order valence-corrected chi connectivity index (χ0v) is 11.7. The standard InChI is InChI=1S/C14H18N4O2/c1-10-3-4-11(12(19)9-10)13-15-14(16-20-13)18-7-5-17(2)6-8-18/h3-4,9,19H,5-8H2,1-2H3. The first kappa shape index (κ1) is 12.9. The van der Waals surface area contributed by atoms with Crippen LogP contribution in [0.1, 0.15) is 5.56 Å². The minimum absolute atomic E-state index is 0.165. The van der Waals surface area contributed by atoms with Crippen LogP contribution in [0.15, 0.2) is 22.7 Å². The summed E-state index contributed by atoms with van der Waals surface area (Å²) in [5, 5.41) is 14.0. The molecule has 1 fully saturated rings. The molecule has 0 bridgehead atoms. The molecule has 0 saturated carbocycles. The van der Waals surface area contributed by atoms with Gasteiger partial charge in [0.05, 0.1) is 5.56 Å². The minimum Gasteiger partial charge on any atom is -0.507 e. The van der Waals surface area contributed by atoms with Crippen LogP contribution in [0.2, 0.25) is 0 Å². The fourth-order valence-electron chi connectivity index (χ4n) is 2.28. The van der Waals surface area contributed by atoms with Gasteiger partial charge in [-0.05, 0) is 36.8 Å². The molecule has 0 amide bonds. The second kappa shape index (κ2) is 5.13. The van der Waals surface area contributed by atoms with Gasteiger partial charge in [-0.1, -0.05) is 6.07 Å². The molecule has 0 radical (unpaired) electrons. The molecule has 3 rings (SSSR count). The number of benzene rings is 1. The molecule has 6 nitrogen and oxygen atoms in total. The van der Waals surface area contributed by atoms with E-state index in [9.17, 15) is 5.11 Å². The first-order valence-electron chi connectivity index (χ1n) is 6.70. The summed E-state index contributed by atoms with van der Waals surface area (Å²) >= 11 is 0. The highest BCUT2D eigenvalue weighted by atomic mass is 16.5. The van der Waals surface area contributed by atoms with Gasteiger partial charge in [0.2, 0.25) is 0 Å². The topological polar surface area (TPSA) is 65.6 Å². The van der Waals surface area contributed by atoms with E-state index in [0.29, 0.717) is 17.4 Å². The van der Waals surface area contributed by atoms with Crippen molar-refractivity contribution in [3.8, 4) is 17.2 Å². The number of aromatic nitrogens is 2. The first-order chi connectivity index (χ1) is 9.63. The second-order valence-corrected chi connectivity index (χ2v) is 5.21. The average molecular weight is 274 g/mol. The predicted octanol–water partition coefficient (Wildman–Crippen LogP) is 1.50. The minimum atomic E-state index is 0.165. The molecule has 1 saturated heterocycles. The van der Waals surface area contributed by atoms with E-state index in [1.165, 1.54) is 0 Å². The van der Waals surface area contributed by atoms with Crippen molar-refractivity contribution in [1.82, 2.24) is 15.0 Å². The Labute approximate surface area is 117 Å². The van der Waals surface area contributed by atoms with Gasteiger partial charge >= 0.3 is 0 Å². The fourth-order valence-corrected chi connectivity index (χ4v) is 2.28. The molecule has 1 aliphatic heterocycles. The Bertz CT molecular complexity index is 603. The number of likely N-dealkylation sites (N-methyl/N-ethyl adjacent to an activating group) is 1. The molecular formula is C14H18N4O2. The van der Waals surface area contributed by atoms with Crippen molar-refractivity contribution >= 4 is 5.95 Å². The highest BCUT2D eigenvalue weighted by Gasteiger charge is 2.20. The molecule has 1 aliphatic rings. The Kier molecular flexibility index (Phi) is 3.31. The monoisotopic (exact) mass is 274 g/mol. The number of anilines is 1. The van der Waals surface area contributed by atoms with Crippen LogP contribution >= 0.6 is 0 Å². The Balaban J connectivity index is 1.83. The Morgan fingerprint density at radius 2 is 1.95 bits per heavy atom. The Hall–Kier alpha value is -2.08. The Morgan fingerprint density at radius 3 is 2.65 bits per heavy atom. The molecule has 1 N–H and O–H groups in total. The summed E-state index contributed by atoms with van der Waals surface area (Å²) in [5.41, 5.74) is 1.56. The van der Waals surface area contributed by atoms with Crippen molar-refractivity contribution in [1.29, 1.82) is 0 Å². The first-order valence-corrected chi connectivity index (χ1v) is 6.70. The number of piperazine rings is 1. The van der Waals surface area contributed by atoms with Gasteiger partial charge in [0.1, 0.15) is 5.75 Å². The van der Waals surface area contributed by atoms with E-state index in [0.717, 1.165) is 31.7 Å². The third-order valence-corrected chi connectivity index (χ3v) is 3.59. The zero-order valence-electron chi connectivity index (χ0n) is 11.7. The van der Waals surface area contributed by atoms with Gasteiger partial charge in [-0.2, -0.15) is 4.98 Å². The van der Waals surface area contributed by atoms with E-state index in [2.05, 4.69) is 27.0 Å². The molecule has 1 aromatic carbocycles. The summed E-state index contributed by atoms with van der Waals surface area (Å²) in [4.78, 5) is 8.75. The van der Waals surface area contributed by atoms with Gasteiger partial charge in [0, 0.05) is 26.2 Å². The third kappa shape index (κ3) is 2.46. The smallest absolute Gasteiger partial charge is 0.266 e. The summed E-state index contributed by atoms with van der Waals surface area (Å²) < 4.78 is 5.28. The van der Waals surface area contributed by atoms with Crippen molar-refractivity contribution in [3.05, 3.63) is 23.8 Å². The lowest BCUT2D eigenvalue weighted by Gasteiger charge is -2.31. The van der Waals surface area contributed by atoms with Crippen LogP contribution in [0.25, 0.3) is 11.5 Å². The molecule has 106 valence electrons. The SMILES string of the molecule is Cc1ccc(-c2nc(N3CCN(C)CC3)no2)c(O)c1. The van der Waals surface area contributed by atoms with Crippen LogP contribution in [-0.4, -0.2) is 53.4 Å². The van der Waals surface area contributed by atoms with Crippen molar-refractivity contribution in [2.75, 3.05) is 38.1 Å². The van der Waals surface area contributed by atoms with Crippen molar-refractivity contribution in [2.24, 2.45) is 0 Å². The maximum Gasteiger partial charge on any atom is 0.266 e. The molecule has 0 atom stereocenters. The summed E-state index contributed by atoms with van der Waals surface area (Å²) in [7, 11) is 2.10. The van der Waals surface area contributed by atoms with Crippen LogP contribution in [0.4, 0.5) is 5.95 Å². The Morgan fingerprint density at radius 1 is 1.20 bits per heavy atom. The number of nitrogens with zero attached hydrogens (tertiary/aromatic N) is 4. The third-order valence-electron chi connectivity index (χ3n) is 3.59. The number of phenolic OH excluding ortho intramolecular Hbond substituents is 1. The molecular weight excluding hydrogens is 256 g/mol. The number of hydrogen-bond donors (Lipinski definition) is 1. The number of aryl methyl sites for hydroxylation is 1. The second-order valence-electron chi connectivity index (χ2n) is 5.21. The molecule has 1 aromatic heterocycles. The van der Waals surface area contributed by atoms with Crippen LogP contribution in [0, 0.1) is 6.92 Å². The van der Waals surface area contributed by atoms with Gasteiger partial charge in [-0.15, -0.1) is 0 Å². The number of hydrogen-bond acceptors (Lipinski definition) is 6. The van der Waals surface area contributed by atoms with E-state index in [1.54, 1.807) is 12.1 Å². The van der Waals surface area contributed by atoms with E-state index < -0.39 is 0 Å². The van der Waals surface area contributed by atoms with E-state index >= 15 is 0 Å². The summed E-state index contributed by atoms with van der Waals surface area (Å²) in [6.07, 6.45) is 0. The lowest BCUT2D eigenvalue weighted by Crippen LogP contribution is -2.44. The van der Waals surface area contributed by atoms with Gasteiger partial charge in [-0.3, -0.25) is 0 Å². The highest BCUT2D eigenvalue weighted by Crippen LogP contribution is 2.29. The van der Waals surface area contributed by atoms with Gasteiger partial charge < -0.3 is 19.4 Å². The summed E-state index contributed by atoms with van der Waals surface area (Å²) in [6.45, 7) is 5.66. The van der Waals surface area contributed by atoms with E-state index in [1.807, 2.05) is 13.0 Å². The van der Waals surface area contributed by atoms with Gasteiger partial charge in [0.15, 0.2) is 0 Å². The normalized spacial score (nSPS) is 16.6. The molecule has 2 aromatic rings. The van der Waals surface area contributed by atoms with Crippen molar-refractivity contribution < 1.29 is 9.63 Å². The van der Waals surface area contributed by atoms with Gasteiger partial charge in [-0.25, -0.2) is 0 Å². The largest absolute Gasteiger partial charge is 0.507 e. The average Bonchev–Trinajstić information content (AvgIpc) is 2.89. The molecule has 6 heteroatoms. The predicted molar refractivity (Wildman–Crippen MR) is 75.8 cm³/mol. The fraction of sp³-hybridized carbons (Fsp3) is 0.429. The van der Waals surface area contributed by atoms with Crippen LogP contribution in [0.3, 0.4) is 0 Å². The molecule has 0 aliphatic carbocycles. The maximum absolute atomic E-state index is 9.95. The quantitative estimate of drug-likeness (QED) is 0.895. The lowest BCUT2D eigenvalue weighted by molar-refractivity contribution is 0.309. The van der Waals surface area contributed by atoms with Gasteiger partial charge in [0.25, 0.3) is 11.8 Å². The maximum atomic E-state index is 9.95. The summed E-state index contributed by atoms with van der Waals surface area (Å²) in [5.74, 6) is 1.11. The number of rotatable bonds is 2. The van der Waals surface area contributed by atoms with E-state index in [-0.39, 0.29) is 5.75 Å².